The van der Waals surface area contributed by atoms with Gasteiger partial charge in [0.2, 0.25) is 0 Å². The predicted molar refractivity (Wildman–Crippen MR) is 67.9 cm³/mol. The van der Waals surface area contributed by atoms with Gasteiger partial charge in [-0.1, -0.05) is 29.8 Å². The van der Waals surface area contributed by atoms with Crippen molar-refractivity contribution in [3.05, 3.63) is 28.2 Å². The summed E-state index contributed by atoms with van der Waals surface area (Å²) in [5.41, 5.74) is 6.93. The van der Waals surface area contributed by atoms with Gasteiger partial charge in [-0.2, -0.15) is 0 Å². The van der Waals surface area contributed by atoms with Crippen LogP contribution in [0.25, 0.3) is 0 Å². The van der Waals surface area contributed by atoms with Gasteiger partial charge in [-0.25, -0.2) is 0 Å². The molecule has 1 rings (SSSR count). The molecule has 14 heavy (non-hydrogen) atoms. The third-order valence-electron chi connectivity index (χ3n) is 1.80. The smallest absolute Gasteiger partial charge is 0.0178 e. The molecule has 0 heterocycles. The van der Waals surface area contributed by atoms with Crippen molar-refractivity contribution in [2.45, 2.75) is 30.4 Å². The predicted octanol–water partition coefficient (Wildman–Crippen LogP) is 3.45. The van der Waals surface area contributed by atoms with Gasteiger partial charge in [-0.05, 0) is 36.7 Å². The van der Waals surface area contributed by atoms with E-state index >= 15 is 0 Å². The number of rotatable bonds is 4. The van der Waals surface area contributed by atoms with E-state index in [1.807, 2.05) is 11.8 Å². The third kappa shape index (κ3) is 3.64. The summed E-state index contributed by atoms with van der Waals surface area (Å²) in [5, 5.41) is 0.618. The fourth-order valence-corrected chi connectivity index (χ4v) is 2.64. The van der Waals surface area contributed by atoms with Gasteiger partial charge in [0.1, 0.15) is 0 Å². The first kappa shape index (κ1) is 12.1. The minimum atomic E-state index is 0.618. The van der Waals surface area contributed by atoms with E-state index in [1.165, 1.54) is 10.5 Å². The van der Waals surface area contributed by atoms with Gasteiger partial charge in [-0.3, -0.25) is 0 Å². The van der Waals surface area contributed by atoms with Crippen LogP contribution in [0.3, 0.4) is 0 Å². The zero-order chi connectivity index (χ0) is 10.6. The van der Waals surface area contributed by atoms with Crippen molar-refractivity contribution in [1.82, 2.24) is 0 Å². The van der Waals surface area contributed by atoms with Crippen molar-refractivity contribution in [3.8, 4) is 0 Å². The molecule has 78 valence electrons. The van der Waals surface area contributed by atoms with Crippen molar-refractivity contribution < 1.29 is 0 Å². The van der Waals surface area contributed by atoms with Crippen molar-refractivity contribution in [1.29, 1.82) is 0 Å². The fourth-order valence-electron chi connectivity index (χ4n) is 1.27. The Morgan fingerprint density at radius 3 is 2.71 bits per heavy atom. The summed E-state index contributed by atoms with van der Waals surface area (Å²) >= 11 is 5.38. The summed E-state index contributed by atoms with van der Waals surface area (Å²) in [7, 11) is 0. The molecule has 0 aliphatic carbocycles. The van der Waals surface area contributed by atoms with E-state index in [9.17, 15) is 0 Å². The molecule has 0 radical (unpaired) electrons. The lowest BCUT2D eigenvalue weighted by molar-refractivity contribution is 0.941. The minimum absolute atomic E-state index is 0.618. The summed E-state index contributed by atoms with van der Waals surface area (Å²) in [6.45, 7) is 5.12. The molecule has 0 aliphatic heterocycles. The lowest BCUT2D eigenvalue weighted by atomic mass is 10.1. The highest BCUT2D eigenvalue weighted by molar-refractivity contribution is 9.10. The molecule has 0 amide bonds. The molecule has 0 fully saturated rings. The molecule has 2 N–H and O–H groups in total. The second-order valence-electron chi connectivity index (χ2n) is 3.46. The Morgan fingerprint density at radius 1 is 1.43 bits per heavy atom. The molecule has 0 spiro atoms. The first-order chi connectivity index (χ1) is 6.63. The van der Waals surface area contributed by atoms with Crippen LogP contribution in [-0.2, 0) is 6.42 Å². The van der Waals surface area contributed by atoms with Gasteiger partial charge < -0.3 is 5.73 Å². The second-order valence-corrected chi connectivity index (χ2v) is 5.99. The SMILES string of the molecule is CC(C)Sc1ccc(Br)cc1CCN. The normalized spacial score (nSPS) is 10.9. The van der Waals surface area contributed by atoms with E-state index in [0.717, 1.165) is 10.9 Å². The zero-order valence-corrected chi connectivity index (χ0v) is 11.0. The summed E-state index contributed by atoms with van der Waals surface area (Å²) in [6.07, 6.45) is 0.953. The molecule has 0 bridgehead atoms. The summed E-state index contributed by atoms with van der Waals surface area (Å²) in [5.74, 6) is 0. The van der Waals surface area contributed by atoms with Crippen LogP contribution in [0, 0.1) is 0 Å². The van der Waals surface area contributed by atoms with Crippen molar-refractivity contribution >= 4 is 27.7 Å². The largest absolute Gasteiger partial charge is 0.330 e. The van der Waals surface area contributed by atoms with E-state index < -0.39 is 0 Å². The maximum absolute atomic E-state index is 5.59. The van der Waals surface area contributed by atoms with Gasteiger partial charge in [0.05, 0.1) is 0 Å². The van der Waals surface area contributed by atoms with Crippen LogP contribution in [0.5, 0.6) is 0 Å². The molecule has 0 aromatic heterocycles. The first-order valence-corrected chi connectivity index (χ1v) is 6.46. The van der Waals surface area contributed by atoms with Crippen LogP contribution in [0.4, 0.5) is 0 Å². The Bertz CT molecular complexity index is 299. The van der Waals surface area contributed by atoms with E-state index in [4.69, 9.17) is 5.73 Å². The highest BCUT2D eigenvalue weighted by atomic mass is 79.9. The molecular weight excluding hydrogens is 258 g/mol. The standard InChI is InChI=1S/C11H16BrNS/c1-8(2)14-11-4-3-10(12)7-9(11)5-6-13/h3-4,7-8H,5-6,13H2,1-2H3. The van der Waals surface area contributed by atoms with Gasteiger partial charge in [0, 0.05) is 14.6 Å². The maximum atomic E-state index is 5.59. The Hall–Kier alpha value is 0.01000. The number of halogens is 1. The van der Waals surface area contributed by atoms with Crippen molar-refractivity contribution in [2.75, 3.05) is 6.54 Å². The average Bonchev–Trinajstić information content (AvgIpc) is 2.09. The van der Waals surface area contributed by atoms with E-state index in [-0.39, 0.29) is 0 Å². The fraction of sp³-hybridized carbons (Fsp3) is 0.455. The summed E-state index contributed by atoms with van der Waals surface area (Å²) < 4.78 is 1.13. The Kier molecular flexibility index (Phi) is 4.99. The van der Waals surface area contributed by atoms with Crippen molar-refractivity contribution in [3.63, 3.8) is 0 Å². The van der Waals surface area contributed by atoms with Gasteiger partial charge in [0.25, 0.3) is 0 Å². The van der Waals surface area contributed by atoms with Crippen LogP contribution in [0.15, 0.2) is 27.6 Å². The Balaban J connectivity index is 2.89. The molecule has 0 saturated heterocycles. The molecule has 1 aromatic rings. The van der Waals surface area contributed by atoms with E-state index in [0.29, 0.717) is 11.8 Å². The number of hydrogen-bond acceptors (Lipinski definition) is 2. The van der Waals surface area contributed by atoms with E-state index in [2.05, 4.69) is 48.0 Å². The topological polar surface area (TPSA) is 26.0 Å². The Morgan fingerprint density at radius 2 is 2.14 bits per heavy atom. The number of benzene rings is 1. The molecule has 0 atom stereocenters. The van der Waals surface area contributed by atoms with Gasteiger partial charge in [-0.15, -0.1) is 11.8 Å². The summed E-state index contributed by atoms with van der Waals surface area (Å²) in [4.78, 5) is 1.36. The molecule has 1 aromatic carbocycles. The second kappa shape index (κ2) is 5.79. The van der Waals surface area contributed by atoms with Crippen LogP contribution in [-0.4, -0.2) is 11.8 Å². The van der Waals surface area contributed by atoms with Crippen LogP contribution < -0.4 is 5.73 Å². The van der Waals surface area contributed by atoms with Gasteiger partial charge in [0.15, 0.2) is 0 Å². The number of thioether (sulfide) groups is 1. The first-order valence-electron chi connectivity index (χ1n) is 4.78. The zero-order valence-electron chi connectivity index (χ0n) is 8.59. The van der Waals surface area contributed by atoms with Crippen LogP contribution in [0.2, 0.25) is 0 Å². The highest BCUT2D eigenvalue weighted by Gasteiger charge is 2.05. The molecule has 0 saturated carbocycles. The van der Waals surface area contributed by atoms with Crippen LogP contribution >= 0.6 is 27.7 Å². The molecular formula is C11H16BrNS. The lowest BCUT2D eigenvalue weighted by Crippen LogP contribution is -2.04. The molecule has 3 heteroatoms. The monoisotopic (exact) mass is 273 g/mol. The van der Waals surface area contributed by atoms with E-state index in [1.54, 1.807) is 0 Å². The maximum Gasteiger partial charge on any atom is 0.0178 e. The quantitative estimate of drug-likeness (QED) is 0.851. The molecule has 0 unspecified atom stereocenters. The van der Waals surface area contributed by atoms with Gasteiger partial charge >= 0.3 is 0 Å². The van der Waals surface area contributed by atoms with Crippen LogP contribution in [0.1, 0.15) is 19.4 Å². The lowest BCUT2D eigenvalue weighted by Gasteiger charge is -2.10. The minimum Gasteiger partial charge on any atom is -0.330 e. The number of hydrogen-bond donors (Lipinski definition) is 1. The van der Waals surface area contributed by atoms with Crippen molar-refractivity contribution in [2.24, 2.45) is 5.73 Å². The third-order valence-corrected chi connectivity index (χ3v) is 3.42. The summed E-state index contributed by atoms with van der Waals surface area (Å²) in [6, 6.07) is 6.42. The number of nitrogens with two attached hydrogens (primary N) is 1. The molecule has 1 nitrogen and oxygen atoms in total. The average molecular weight is 274 g/mol. The Labute approximate surface area is 98.6 Å². The highest BCUT2D eigenvalue weighted by Crippen LogP contribution is 2.29. The molecule has 0 aliphatic rings.